The first-order chi connectivity index (χ1) is 8.84. The van der Waals surface area contributed by atoms with Crippen LogP contribution in [0.3, 0.4) is 0 Å². The molecule has 2 rings (SSSR count). The van der Waals surface area contributed by atoms with Crippen molar-refractivity contribution in [2.75, 3.05) is 0 Å². The second-order valence-electron chi connectivity index (χ2n) is 5.76. The monoisotopic (exact) mass is 278 g/mol. The average molecular weight is 279 g/mol. The standard InChI is InChI=1S/C16H19ClO2/c1-10-4-6-13(15(18)19)16(3,9-10)12-5-7-14(17)11(2)8-12/h5-8,10H,4,9H2,1-3H3,(H,18,19)/t10-,16-/m0/s1. The summed E-state index contributed by atoms with van der Waals surface area (Å²) >= 11 is 6.06. The number of halogens is 1. The van der Waals surface area contributed by atoms with Crippen molar-refractivity contribution in [3.8, 4) is 0 Å². The molecule has 1 aromatic carbocycles. The van der Waals surface area contributed by atoms with Gasteiger partial charge in [0.1, 0.15) is 0 Å². The zero-order chi connectivity index (χ0) is 14.2. The highest BCUT2D eigenvalue weighted by Crippen LogP contribution is 2.43. The molecular formula is C16H19ClO2. The van der Waals surface area contributed by atoms with Gasteiger partial charge in [0.05, 0.1) is 0 Å². The zero-order valence-corrected chi connectivity index (χ0v) is 12.3. The van der Waals surface area contributed by atoms with Crippen molar-refractivity contribution in [2.45, 2.75) is 39.0 Å². The third kappa shape index (κ3) is 2.55. The van der Waals surface area contributed by atoms with Gasteiger partial charge < -0.3 is 5.11 Å². The minimum Gasteiger partial charge on any atom is -0.478 e. The SMILES string of the molecule is Cc1cc([C@]2(C)C[C@@H](C)CC=C2C(=O)O)ccc1Cl. The number of hydrogen-bond acceptors (Lipinski definition) is 1. The summed E-state index contributed by atoms with van der Waals surface area (Å²) in [4.78, 5) is 11.5. The molecule has 0 amide bonds. The van der Waals surface area contributed by atoms with Gasteiger partial charge in [0.15, 0.2) is 0 Å². The van der Waals surface area contributed by atoms with Gasteiger partial charge in [0.2, 0.25) is 0 Å². The maximum absolute atomic E-state index is 11.5. The van der Waals surface area contributed by atoms with E-state index < -0.39 is 11.4 Å². The first-order valence-electron chi connectivity index (χ1n) is 6.55. The molecule has 0 saturated carbocycles. The fourth-order valence-electron chi connectivity index (χ4n) is 3.02. The molecule has 0 spiro atoms. The average Bonchev–Trinajstić information content (AvgIpc) is 2.31. The fourth-order valence-corrected chi connectivity index (χ4v) is 3.14. The molecule has 1 N–H and O–H groups in total. The van der Waals surface area contributed by atoms with E-state index in [2.05, 4.69) is 6.92 Å². The Hall–Kier alpha value is -1.28. The van der Waals surface area contributed by atoms with Crippen molar-refractivity contribution >= 4 is 17.6 Å². The molecule has 19 heavy (non-hydrogen) atoms. The Bertz CT molecular complexity index is 548. The van der Waals surface area contributed by atoms with Crippen LogP contribution >= 0.6 is 11.6 Å². The Balaban J connectivity index is 2.54. The zero-order valence-electron chi connectivity index (χ0n) is 11.5. The van der Waals surface area contributed by atoms with Crippen molar-refractivity contribution in [1.82, 2.24) is 0 Å². The van der Waals surface area contributed by atoms with Crippen LogP contribution in [0, 0.1) is 12.8 Å². The highest BCUT2D eigenvalue weighted by molar-refractivity contribution is 6.31. The van der Waals surface area contributed by atoms with Crippen LogP contribution < -0.4 is 0 Å². The Morgan fingerprint density at radius 3 is 2.74 bits per heavy atom. The van der Waals surface area contributed by atoms with Crippen molar-refractivity contribution in [2.24, 2.45) is 5.92 Å². The first kappa shape index (κ1) is 14.1. The summed E-state index contributed by atoms with van der Waals surface area (Å²) < 4.78 is 0. The van der Waals surface area contributed by atoms with Gasteiger partial charge in [-0.15, -0.1) is 0 Å². The number of aryl methyl sites for hydroxylation is 1. The highest BCUT2D eigenvalue weighted by atomic mass is 35.5. The van der Waals surface area contributed by atoms with Crippen LogP contribution in [0.4, 0.5) is 0 Å². The van der Waals surface area contributed by atoms with Gasteiger partial charge in [0.25, 0.3) is 0 Å². The summed E-state index contributed by atoms with van der Waals surface area (Å²) in [6.07, 6.45) is 3.57. The van der Waals surface area contributed by atoms with Crippen LogP contribution in [-0.4, -0.2) is 11.1 Å². The van der Waals surface area contributed by atoms with E-state index in [1.54, 1.807) is 0 Å². The van der Waals surface area contributed by atoms with E-state index in [4.69, 9.17) is 11.6 Å². The number of allylic oxidation sites excluding steroid dienone is 1. The highest BCUT2D eigenvalue weighted by Gasteiger charge is 2.39. The molecule has 1 aliphatic rings. The summed E-state index contributed by atoms with van der Waals surface area (Å²) in [5.74, 6) is -0.328. The third-order valence-corrected chi connectivity index (χ3v) is 4.53. The van der Waals surface area contributed by atoms with Gasteiger partial charge in [-0.1, -0.05) is 43.7 Å². The largest absolute Gasteiger partial charge is 0.478 e. The summed E-state index contributed by atoms with van der Waals surface area (Å²) in [7, 11) is 0. The van der Waals surface area contributed by atoms with Crippen molar-refractivity contribution in [3.63, 3.8) is 0 Å². The minimum atomic E-state index is -0.818. The van der Waals surface area contributed by atoms with E-state index in [1.807, 2.05) is 38.1 Å². The van der Waals surface area contributed by atoms with Gasteiger partial charge in [-0.05, 0) is 42.9 Å². The minimum absolute atomic E-state index is 0.432. The Labute approximate surface area is 119 Å². The molecule has 0 bridgehead atoms. The Morgan fingerprint density at radius 1 is 1.47 bits per heavy atom. The first-order valence-corrected chi connectivity index (χ1v) is 6.93. The number of rotatable bonds is 2. The number of carboxylic acids is 1. The maximum atomic E-state index is 11.5. The third-order valence-electron chi connectivity index (χ3n) is 4.10. The Morgan fingerprint density at radius 2 is 2.16 bits per heavy atom. The van der Waals surface area contributed by atoms with E-state index in [0.29, 0.717) is 11.5 Å². The molecule has 0 aliphatic heterocycles. The van der Waals surface area contributed by atoms with E-state index in [9.17, 15) is 9.90 Å². The Kier molecular flexibility index (Phi) is 3.73. The lowest BCUT2D eigenvalue weighted by molar-refractivity contribution is -0.133. The van der Waals surface area contributed by atoms with Gasteiger partial charge in [0, 0.05) is 16.0 Å². The quantitative estimate of drug-likeness (QED) is 0.873. The second-order valence-corrected chi connectivity index (χ2v) is 6.17. The predicted octanol–water partition coefficient (Wildman–Crippen LogP) is 4.35. The van der Waals surface area contributed by atoms with Gasteiger partial charge in [-0.3, -0.25) is 0 Å². The fraction of sp³-hybridized carbons (Fsp3) is 0.438. The number of benzene rings is 1. The van der Waals surface area contributed by atoms with Crippen LogP contribution in [0.1, 0.15) is 37.8 Å². The molecule has 0 unspecified atom stereocenters. The van der Waals surface area contributed by atoms with Crippen molar-refractivity contribution in [3.05, 3.63) is 46.0 Å². The normalized spacial score (nSPS) is 26.9. The smallest absolute Gasteiger partial charge is 0.332 e. The number of aliphatic carboxylic acids is 1. The van der Waals surface area contributed by atoms with E-state index in [1.165, 1.54) is 0 Å². The molecule has 1 aromatic rings. The molecule has 102 valence electrons. The molecule has 0 fully saturated rings. The summed E-state index contributed by atoms with van der Waals surface area (Å²) in [5, 5.41) is 10.2. The lowest BCUT2D eigenvalue weighted by atomic mass is 9.66. The van der Waals surface area contributed by atoms with E-state index in [0.717, 1.165) is 29.0 Å². The van der Waals surface area contributed by atoms with E-state index in [-0.39, 0.29) is 0 Å². The van der Waals surface area contributed by atoms with Crippen LogP contribution in [-0.2, 0) is 10.2 Å². The van der Waals surface area contributed by atoms with Crippen molar-refractivity contribution < 1.29 is 9.90 Å². The van der Waals surface area contributed by atoms with Crippen LogP contribution in [0.2, 0.25) is 5.02 Å². The molecule has 3 heteroatoms. The van der Waals surface area contributed by atoms with E-state index >= 15 is 0 Å². The number of carbonyl (C=O) groups is 1. The molecule has 0 aromatic heterocycles. The molecule has 0 heterocycles. The number of hydrogen-bond donors (Lipinski definition) is 1. The van der Waals surface area contributed by atoms with Crippen LogP contribution in [0.15, 0.2) is 29.8 Å². The van der Waals surface area contributed by atoms with Gasteiger partial charge >= 0.3 is 5.97 Å². The molecule has 2 nitrogen and oxygen atoms in total. The lowest BCUT2D eigenvalue weighted by Crippen LogP contribution is -2.34. The van der Waals surface area contributed by atoms with Crippen molar-refractivity contribution in [1.29, 1.82) is 0 Å². The van der Waals surface area contributed by atoms with Crippen LogP contribution in [0.25, 0.3) is 0 Å². The number of carboxylic acid groups (broad SMARTS) is 1. The predicted molar refractivity (Wildman–Crippen MR) is 77.7 cm³/mol. The molecule has 0 radical (unpaired) electrons. The lowest BCUT2D eigenvalue weighted by Gasteiger charge is -2.37. The van der Waals surface area contributed by atoms with Crippen LogP contribution in [0.5, 0.6) is 0 Å². The summed E-state index contributed by atoms with van der Waals surface area (Å²) in [6.45, 7) is 6.13. The molecule has 0 saturated heterocycles. The summed E-state index contributed by atoms with van der Waals surface area (Å²) in [6, 6.07) is 5.82. The topological polar surface area (TPSA) is 37.3 Å². The summed E-state index contributed by atoms with van der Waals surface area (Å²) in [5.41, 5.74) is 2.10. The molecule has 2 atom stereocenters. The van der Waals surface area contributed by atoms with Gasteiger partial charge in [-0.2, -0.15) is 0 Å². The maximum Gasteiger partial charge on any atom is 0.332 e. The molecule has 1 aliphatic carbocycles. The second kappa shape index (κ2) is 5.01. The van der Waals surface area contributed by atoms with Gasteiger partial charge in [-0.25, -0.2) is 4.79 Å². The molecular weight excluding hydrogens is 260 g/mol.